The second kappa shape index (κ2) is 11.7. The van der Waals surface area contributed by atoms with Gasteiger partial charge in [-0.1, -0.05) is 12.1 Å². The van der Waals surface area contributed by atoms with Crippen LogP contribution in [-0.4, -0.2) is 31.6 Å². The third-order valence-electron chi connectivity index (χ3n) is 4.64. The number of halogens is 2. The molecule has 1 amide bonds. The highest BCUT2D eigenvalue weighted by atomic mass is 127. The summed E-state index contributed by atoms with van der Waals surface area (Å²) in [7, 11) is 0. The van der Waals surface area contributed by atoms with Crippen LogP contribution in [0.4, 0.5) is 10.1 Å². The maximum atomic E-state index is 13.7. The molecule has 1 aliphatic heterocycles. The van der Waals surface area contributed by atoms with Gasteiger partial charge in [-0.3, -0.25) is 4.79 Å². The summed E-state index contributed by atoms with van der Waals surface area (Å²) >= 11 is 0. The maximum Gasteiger partial charge on any atom is 0.224 e. The number of carbonyl (C=O) groups excluding carboxylic acids is 1. The van der Waals surface area contributed by atoms with Crippen molar-refractivity contribution in [3.63, 3.8) is 0 Å². The van der Waals surface area contributed by atoms with Crippen molar-refractivity contribution in [2.75, 3.05) is 25.0 Å². The molecule has 0 unspecified atom stereocenters. The van der Waals surface area contributed by atoms with Crippen LogP contribution in [0, 0.1) is 12.7 Å². The first-order valence-corrected chi connectivity index (χ1v) is 9.88. The molecule has 2 aromatic rings. The SMILES string of the molecule is CCNC(=NCc1ccc(C)c(F)c1)NCCOc1ccc2c(c1)CCC(=O)N2.I. The van der Waals surface area contributed by atoms with Crippen LogP contribution >= 0.6 is 24.0 Å². The Bertz CT molecular complexity index is 905. The van der Waals surface area contributed by atoms with Crippen LogP contribution < -0.4 is 20.7 Å². The summed E-state index contributed by atoms with van der Waals surface area (Å²) in [6.07, 6.45) is 1.23. The summed E-state index contributed by atoms with van der Waals surface area (Å²) in [6, 6.07) is 10.9. The second-order valence-electron chi connectivity index (χ2n) is 6.92. The number of guanidine groups is 1. The Labute approximate surface area is 193 Å². The predicted molar refractivity (Wildman–Crippen MR) is 128 cm³/mol. The first-order chi connectivity index (χ1) is 14.0. The summed E-state index contributed by atoms with van der Waals surface area (Å²) in [5.41, 5.74) is 3.41. The number of carbonyl (C=O) groups is 1. The minimum Gasteiger partial charge on any atom is -0.492 e. The molecule has 0 aromatic heterocycles. The highest BCUT2D eigenvalue weighted by Gasteiger charge is 2.14. The number of hydrogen-bond acceptors (Lipinski definition) is 3. The minimum absolute atomic E-state index is 0. The van der Waals surface area contributed by atoms with Gasteiger partial charge in [0.2, 0.25) is 5.91 Å². The fraction of sp³-hybridized carbons (Fsp3) is 0.364. The van der Waals surface area contributed by atoms with Crippen molar-refractivity contribution < 1.29 is 13.9 Å². The topological polar surface area (TPSA) is 74.8 Å². The zero-order chi connectivity index (χ0) is 20.6. The Balaban J connectivity index is 0.00000320. The van der Waals surface area contributed by atoms with Crippen LogP contribution in [0.2, 0.25) is 0 Å². The molecule has 0 atom stereocenters. The van der Waals surface area contributed by atoms with Gasteiger partial charge in [0.15, 0.2) is 5.96 Å². The quantitative estimate of drug-likeness (QED) is 0.222. The molecular formula is C22H28FIN4O2. The van der Waals surface area contributed by atoms with Crippen molar-refractivity contribution in [1.82, 2.24) is 10.6 Å². The van der Waals surface area contributed by atoms with Crippen LogP contribution in [0.1, 0.15) is 30.0 Å². The van der Waals surface area contributed by atoms with Crippen molar-refractivity contribution >= 4 is 41.5 Å². The zero-order valence-corrected chi connectivity index (χ0v) is 19.6. The maximum absolute atomic E-state index is 13.7. The number of aliphatic imine (C=N–C) groups is 1. The summed E-state index contributed by atoms with van der Waals surface area (Å²) < 4.78 is 19.5. The van der Waals surface area contributed by atoms with E-state index in [-0.39, 0.29) is 35.7 Å². The number of nitrogens with one attached hydrogen (secondary N) is 3. The van der Waals surface area contributed by atoms with Gasteiger partial charge in [0.05, 0.1) is 13.1 Å². The van der Waals surface area contributed by atoms with E-state index < -0.39 is 0 Å². The number of amides is 1. The van der Waals surface area contributed by atoms with E-state index in [1.807, 2.05) is 31.2 Å². The Morgan fingerprint density at radius 2 is 2.03 bits per heavy atom. The number of rotatable bonds is 7. The van der Waals surface area contributed by atoms with Gasteiger partial charge in [0.25, 0.3) is 0 Å². The molecule has 1 aliphatic rings. The van der Waals surface area contributed by atoms with Gasteiger partial charge in [-0.2, -0.15) is 0 Å². The smallest absolute Gasteiger partial charge is 0.224 e. The fourth-order valence-corrected chi connectivity index (χ4v) is 3.03. The highest BCUT2D eigenvalue weighted by Crippen LogP contribution is 2.26. The predicted octanol–water partition coefficient (Wildman–Crippen LogP) is 3.77. The van der Waals surface area contributed by atoms with Crippen molar-refractivity contribution in [2.45, 2.75) is 33.2 Å². The molecule has 0 saturated carbocycles. The molecule has 3 rings (SSSR count). The third-order valence-corrected chi connectivity index (χ3v) is 4.64. The lowest BCUT2D eigenvalue weighted by Gasteiger charge is -2.18. The molecule has 1 heterocycles. The molecule has 0 fully saturated rings. The Hall–Kier alpha value is -2.36. The van der Waals surface area contributed by atoms with Crippen molar-refractivity contribution in [3.05, 3.63) is 58.9 Å². The van der Waals surface area contributed by atoms with Gasteiger partial charge in [-0.05, 0) is 61.2 Å². The third kappa shape index (κ3) is 6.86. The zero-order valence-electron chi connectivity index (χ0n) is 17.3. The van der Waals surface area contributed by atoms with Crippen molar-refractivity contribution in [2.24, 2.45) is 4.99 Å². The molecular weight excluding hydrogens is 498 g/mol. The summed E-state index contributed by atoms with van der Waals surface area (Å²) in [6.45, 7) is 5.89. The number of benzene rings is 2. The van der Waals surface area contributed by atoms with Crippen LogP contribution in [0.25, 0.3) is 0 Å². The van der Waals surface area contributed by atoms with E-state index in [9.17, 15) is 9.18 Å². The molecule has 0 saturated heterocycles. The van der Waals surface area contributed by atoms with E-state index in [1.54, 1.807) is 13.0 Å². The number of ether oxygens (including phenoxy) is 1. The minimum atomic E-state index is -0.214. The lowest BCUT2D eigenvalue weighted by atomic mass is 10.0. The van der Waals surface area contributed by atoms with Crippen LogP contribution in [0.5, 0.6) is 5.75 Å². The van der Waals surface area contributed by atoms with E-state index in [2.05, 4.69) is 20.9 Å². The molecule has 162 valence electrons. The molecule has 0 spiro atoms. The molecule has 3 N–H and O–H groups in total. The van der Waals surface area contributed by atoms with E-state index in [4.69, 9.17) is 4.74 Å². The lowest BCUT2D eigenvalue weighted by molar-refractivity contribution is -0.116. The van der Waals surface area contributed by atoms with E-state index in [0.717, 1.165) is 35.5 Å². The van der Waals surface area contributed by atoms with Gasteiger partial charge < -0.3 is 20.7 Å². The summed E-state index contributed by atoms with van der Waals surface area (Å²) in [4.78, 5) is 15.9. The van der Waals surface area contributed by atoms with Gasteiger partial charge in [0, 0.05) is 18.7 Å². The summed E-state index contributed by atoms with van der Waals surface area (Å²) in [5.74, 6) is 1.27. The largest absolute Gasteiger partial charge is 0.492 e. The number of hydrogen-bond donors (Lipinski definition) is 3. The lowest BCUT2D eigenvalue weighted by Crippen LogP contribution is -2.39. The highest BCUT2D eigenvalue weighted by molar-refractivity contribution is 14.0. The number of aryl methyl sites for hydroxylation is 2. The van der Waals surface area contributed by atoms with Crippen molar-refractivity contribution in [1.29, 1.82) is 0 Å². The van der Waals surface area contributed by atoms with Gasteiger partial charge in [-0.25, -0.2) is 9.38 Å². The van der Waals surface area contributed by atoms with Crippen LogP contribution in [0.15, 0.2) is 41.4 Å². The van der Waals surface area contributed by atoms with Gasteiger partial charge in [-0.15, -0.1) is 24.0 Å². The van der Waals surface area contributed by atoms with E-state index in [0.29, 0.717) is 37.6 Å². The van der Waals surface area contributed by atoms with Crippen molar-refractivity contribution in [3.8, 4) is 5.75 Å². The van der Waals surface area contributed by atoms with Crippen LogP contribution in [-0.2, 0) is 17.8 Å². The first-order valence-electron chi connectivity index (χ1n) is 9.88. The van der Waals surface area contributed by atoms with E-state index in [1.165, 1.54) is 6.07 Å². The van der Waals surface area contributed by atoms with Gasteiger partial charge in [0.1, 0.15) is 18.2 Å². The number of anilines is 1. The Morgan fingerprint density at radius 1 is 1.20 bits per heavy atom. The first kappa shape index (κ1) is 23.9. The van der Waals surface area contributed by atoms with Gasteiger partial charge >= 0.3 is 0 Å². The molecule has 30 heavy (non-hydrogen) atoms. The number of nitrogens with zero attached hydrogens (tertiary/aromatic N) is 1. The molecule has 0 radical (unpaired) electrons. The molecule has 8 heteroatoms. The summed E-state index contributed by atoms with van der Waals surface area (Å²) in [5, 5.41) is 9.25. The Kier molecular flexibility index (Phi) is 9.35. The second-order valence-corrected chi connectivity index (χ2v) is 6.92. The molecule has 6 nitrogen and oxygen atoms in total. The number of fused-ring (bicyclic) bond motifs is 1. The monoisotopic (exact) mass is 526 g/mol. The van der Waals surface area contributed by atoms with Crippen LogP contribution in [0.3, 0.4) is 0 Å². The fourth-order valence-electron chi connectivity index (χ4n) is 3.03. The average molecular weight is 526 g/mol. The molecule has 2 aromatic carbocycles. The average Bonchev–Trinajstić information content (AvgIpc) is 2.71. The Morgan fingerprint density at radius 3 is 2.80 bits per heavy atom. The normalized spacial score (nSPS) is 13.0. The molecule has 0 bridgehead atoms. The standard InChI is InChI=1S/C22H27FN4O2.HI/c1-3-24-22(26-14-16-5-4-15(2)19(23)12-16)25-10-11-29-18-7-8-20-17(13-18)6-9-21(28)27-20;/h4-5,7-8,12-13H,3,6,9-11,14H2,1-2H3,(H,27,28)(H2,24,25,26);1H. The van der Waals surface area contributed by atoms with E-state index >= 15 is 0 Å². The molecule has 0 aliphatic carbocycles.